The van der Waals surface area contributed by atoms with Gasteiger partial charge in [0.15, 0.2) is 0 Å². The molecule has 0 atom stereocenters. The number of hydrogen-bond acceptors (Lipinski definition) is 5. The minimum absolute atomic E-state index is 0.172. The van der Waals surface area contributed by atoms with Crippen LogP contribution in [-0.4, -0.2) is 28.8 Å². The molecule has 0 unspecified atom stereocenters. The van der Waals surface area contributed by atoms with Gasteiger partial charge < -0.3 is 4.90 Å². The number of piperidine rings is 1. The van der Waals surface area contributed by atoms with Crippen molar-refractivity contribution in [2.45, 2.75) is 19.8 Å². The third kappa shape index (κ3) is 3.52. The fourth-order valence-corrected chi connectivity index (χ4v) is 2.54. The molecule has 0 aliphatic carbocycles. The first-order chi connectivity index (χ1) is 10.7. The predicted molar refractivity (Wildman–Crippen MR) is 88.5 cm³/mol. The first-order valence-corrected chi connectivity index (χ1v) is 7.40. The zero-order chi connectivity index (χ0) is 15.4. The summed E-state index contributed by atoms with van der Waals surface area (Å²) in [7, 11) is 0. The second-order valence-electron chi connectivity index (χ2n) is 5.35. The Morgan fingerprint density at radius 3 is 2.64 bits per heavy atom. The van der Waals surface area contributed by atoms with Crippen molar-refractivity contribution in [1.82, 2.24) is 9.97 Å². The van der Waals surface area contributed by atoms with Gasteiger partial charge in [-0.1, -0.05) is 18.2 Å². The van der Waals surface area contributed by atoms with Crippen molar-refractivity contribution >= 4 is 17.3 Å². The molecule has 2 heterocycles. The van der Waals surface area contributed by atoms with E-state index >= 15 is 0 Å². The number of anilines is 2. The normalized spacial score (nSPS) is 14.8. The van der Waals surface area contributed by atoms with Gasteiger partial charge in [-0.15, -0.1) is 0 Å². The minimum atomic E-state index is -0.172. The molecule has 0 bridgehead atoms. The number of rotatable bonds is 3. The summed E-state index contributed by atoms with van der Waals surface area (Å²) in [6.45, 7) is 3.68. The Bertz CT molecular complexity index is 713. The lowest BCUT2D eigenvalue weighted by atomic mass is 10.1. The lowest BCUT2D eigenvalue weighted by Gasteiger charge is -2.29. The van der Waals surface area contributed by atoms with Crippen LogP contribution >= 0.6 is 0 Å². The largest absolute Gasteiger partial charge is 0.371 e. The zero-order valence-electron chi connectivity index (χ0n) is 12.5. The number of aromatic amines is 1. The number of aromatic nitrogens is 2. The van der Waals surface area contributed by atoms with Gasteiger partial charge in [0.1, 0.15) is 0 Å². The molecule has 114 valence electrons. The van der Waals surface area contributed by atoms with Crippen LogP contribution in [0.4, 0.5) is 11.6 Å². The molecule has 0 saturated carbocycles. The predicted octanol–water partition coefficient (Wildman–Crippen LogP) is 2.15. The van der Waals surface area contributed by atoms with Gasteiger partial charge in [0, 0.05) is 49.1 Å². The number of nitrogens with zero attached hydrogens (tertiary/aromatic N) is 3. The van der Waals surface area contributed by atoms with E-state index in [9.17, 15) is 4.79 Å². The molecule has 1 aromatic carbocycles. The van der Waals surface area contributed by atoms with E-state index in [1.165, 1.54) is 11.8 Å². The lowest BCUT2D eigenvalue weighted by Crippen LogP contribution is -2.34. The molecular weight excluding hydrogens is 278 g/mol. The van der Waals surface area contributed by atoms with E-state index in [4.69, 9.17) is 0 Å². The highest BCUT2D eigenvalue weighted by Crippen LogP contribution is 2.18. The maximum atomic E-state index is 11.4. The minimum Gasteiger partial charge on any atom is -0.371 e. The van der Waals surface area contributed by atoms with Crippen molar-refractivity contribution in [3.8, 4) is 0 Å². The van der Waals surface area contributed by atoms with Gasteiger partial charge >= 0.3 is 0 Å². The van der Waals surface area contributed by atoms with Gasteiger partial charge in [0.05, 0.1) is 0 Å². The van der Waals surface area contributed by atoms with E-state index < -0.39 is 0 Å². The van der Waals surface area contributed by atoms with Crippen molar-refractivity contribution in [1.29, 1.82) is 0 Å². The Morgan fingerprint density at radius 2 is 1.95 bits per heavy atom. The molecular formula is C16H19N5O. The molecule has 1 saturated heterocycles. The first kappa shape index (κ1) is 14.3. The number of para-hydroxylation sites is 1. The molecule has 1 aromatic heterocycles. The molecule has 1 fully saturated rings. The second kappa shape index (κ2) is 6.43. The van der Waals surface area contributed by atoms with Crippen molar-refractivity contribution in [2.75, 3.05) is 23.4 Å². The number of hydrazone groups is 1. The Kier molecular flexibility index (Phi) is 4.18. The van der Waals surface area contributed by atoms with E-state index in [0.717, 1.165) is 31.6 Å². The topological polar surface area (TPSA) is 73.4 Å². The molecule has 3 rings (SSSR count). The smallest absolute Gasteiger partial charge is 0.252 e. The van der Waals surface area contributed by atoms with Crippen LogP contribution in [0.15, 0.2) is 46.3 Å². The third-order valence-corrected chi connectivity index (χ3v) is 3.65. The molecule has 22 heavy (non-hydrogen) atoms. The second-order valence-corrected chi connectivity index (χ2v) is 5.35. The number of H-pyrrole nitrogens is 1. The van der Waals surface area contributed by atoms with Crippen molar-refractivity contribution < 1.29 is 0 Å². The monoisotopic (exact) mass is 297 g/mol. The SMILES string of the molecule is Cc1cc(=O)[nH]c(NN=C2CCN(c3ccccc3)CC2)n1. The van der Waals surface area contributed by atoms with Crippen molar-refractivity contribution in [3.63, 3.8) is 0 Å². The van der Waals surface area contributed by atoms with Crippen LogP contribution in [-0.2, 0) is 0 Å². The van der Waals surface area contributed by atoms with Crippen LogP contribution in [0.5, 0.6) is 0 Å². The Morgan fingerprint density at radius 1 is 1.23 bits per heavy atom. The van der Waals surface area contributed by atoms with Crippen LogP contribution in [0.1, 0.15) is 18.5 Å². The fourth-order valence-electron chi connectivity index (χ4n) is 2.54. The van der Waals surface area contributed by atoms with Crippen LogP contribution in [0, 0.1) is 6.92 Å². The van der Waals surface area contributed by atoms with E-state index in [2.05, 4.69) is 49.7 Å². The Labute approximate surface area is 128 Å². The van der Waals surface area contributed by atoms with E-state index in [-0.39, 0.29) is 5.56 Å². The molecule has 0 amide bonds. The van der Waals surface area contributed by atoms with E-state index in [1.807, 2.05) is 6.07 Å². The average molecular weight is 297 g/mol. The van der Waals surface area contributed by atoms with Gasteiger partial charge in [0.2, 0.25) is 5.95 Å². The fraction of sp³-hybridized carbons (Fsp3) is 0.312. The highest BCUT2D eigenvalue weighted by molar-refractivity contribution is 5.87. The third-order valence-electron chi connectivity index (χ3n) is 3.65. The summed E-state index contributed by atoms with van der Waals surface area (Å²) in [5, 5.41) is 4.37. The Balaban J connectivity index is 1.60. The Hall–Kier alpha value is -2.63. The van der Waals surface area contributed by atoms with Crippen LogP contribution < -0.4 is 15.9 Å². The van der Waals surface area contributed by atoms with Gasteiger partial charge in [-0.3, -0.25) is 9.78 Å². The summed E-state index contributed by atoms with van der Waals surface area (Å²) in [4.78, 5) is 20.5. The summed E-state index contributed by atoms with van der Waals surface area (Å²) in [5.74, 6) is 0.392. The number of benzene rings is 1. The van der Waals surface area contributed by atoms with Crippen molar-refractivity contribution in [2.24, 2.45) is 5.10 Å². The summed E-state index contributed by atoms with van der Waals surface area (Å²) in [5.41, 5.74) is 5.70. The lowest BCUT2D eigenvalue weighted by molar-refractivity contribution is 0.756. The summed E-state index contributed by atoms with van der Waals surface area (Å²) in [6.07, 6.45) is 1.80. The van der Waals surface area contributed by atoms with Gasteiger partial charge in [-0.25, -0.2) is 10.4 Å². The number of aryl methyl sites for hydroxylation is 1. The standard InChI is InChI=1S/C16H19N5O/c1-12-11-15(22)18-16(17-12)20-19-13-7-9-21(10-8-13)14-5-3-2-4-6-14/h2-6,11H,7-10H2,1H3,(H2,17,18,20,22). The molecule has 1 aliphatic rings. The summed E-state index contributed by atoms with van der Waals surface area (Å²) >= 11 is 0. The summed E-state index contributed by atoms with van der Waals surface area (Å²) in [6, 6.07) is 11.8. The summed E-state index contributed by atoms with van der Waals surface area (Å²) < 4.78 is 0. The molecule has 1 aliphatic heterocycles. The van der Waals surface area contributed by atoms with Crippen molar-refractivity contribution in [3.05, 3.63) is 52.4 Å². The highest BCUT2D eigenvalue weighted by Gasteiger charge is 2.15. The first-order valence-electron chi connectivity index (χ1n) is 7.40. The molecule has 6 nitrogen and oxygen atoms in total. The number of hydrogen-bond donors (Lipinski definition) is 2. The van der Waals surface area contributed by atoms with Crippen LogP contribution in [0.2, 0.25) is 0 Å². The quantitative estimate of drug-likeness (QED) is 0.851. The highest BCUT2D eigenvalue weighted by atomic mass is 16.1. The molecule has 0 spiro atoms. The average Bonchev–Trinajstić information content (AvgIpc) is 2.53. The maximum Gasteiger partial charge on any atom is 0.252 e. The van der Waals surface area contributed by atoms with Gasteiger partial charge in [-0.05, 0) is 19.1 Å². The van der Waals surface area contributed by atoms with Gasteiger partial charge in [-0.2, -0.15) is 5.10 Å². The molecule has 2 aromatic rings. The maximum absolute atomic E-state index is 11.4. The van der Waals surface area contributed by atoms with E-state index in [1.54, 1.807) is 6.92 Å². The molecule has 0 radical (unpaired) electrons. The zero-order valence-corrected chi connectivity index (χ0v) is 12.5. The molecule has 2 N–H and O–H groups in total. The van der Waals surface area contributed by atoms with Gasteiger partial charge in [0.25, 0.3) is 5.56 Å². The number of nitrogens with one attached hydrogen (secondary N) is 2. The van der Waals surface area contributed by atoms with Crippen LogP contribution in [0.25, 0.3) is 0 Å². The molecule has 6 heteroatoms. The van der Waals surface area contributed by atoms with Crippen LogP contribution in [0.3, 0.4) is 0 Å². The van der Waals surface area contributed by atoms with E-state index in [0.29, 0.717) is 11.6 Å².